The summed E-state index contributed by atoms with van der Waals surface area (Å²) < 4.78 is 64.7. The molecule has 0 aliphatic rings. The van der Waals surface area contributed by atoms with E-state index in [1.165, 1.54) is 0 Å². The molecule has 1 aromatic rings. The number of rotatable bonds is 5. The molecule has 0 atom stereocenters. The molecule has 0 aliphatic carbocycles. The first kappa shape index (κ1) is 17.2. The van der Waals surface area contributed by atoms with E-state index in [2.05, 4.69) is 15.0 Å². The lowest BCUT2D eigenvalue weighted by Gasteiger charge is -2.13. The van der Waals surface area contributed by atoms with E-state index >= 15 is 0 Å². The molecular weight excluding hydrogens is 313 g/mol. The zero-order chi connectivity index (χ0) is 16.3. The minimum atomic E-state index is -4.76. The van der Waals surface area contributed by atoms with Crippen molar-refractivity contribution in [3.63, 3.8) is 0 Å². The lowest BCUT2D eigenvalue weighted by Crippen LogP contribution is -2.18. The van der Waals surface area contributed by atoms with Gasteiger partial charge in [0.25, 0.3) is 0 Å². The summed E-state index contributed by atoms with van der Waals surface area (Å²) in [5.41, 5.74) is -1.91. The Morgan fingerprint density at radius 2 is 2.05 bits per heavy atom. The summed E-state index contributed by atoms with van der Waals surface area (Å²) in [4.78, 5) is 14.9. The van der Waals surface area contributed by atoms with Crippen LogP contribution >= 0.6 is 0 Å². The van der Waals surface area contributed by atoms with Crippen LogP contribution in [0.5, 0.6) is 0 Å². The van der Waals surface area contributed by atoms with Gasteiger partial charge in [-0.2, -0.15) is 13.2 Å². The quantitative estimate of drug-likeness (QED) is 0.822. The first-order chi connectivity index (χ1) is 9.54. The highest BCUT2D eigenvalue weighted by Crippen LogP contribution is 2.33. The standard InChI is InChI=1S/C11H13F3N2O4S/c1-20-10(17)7-6-16-9(5-8(7)11(12,13)14)15-3-4-21(2,18)19/h5-6H,3-4H2,1-2H3,(H,15,16). The largest absolute Gasteiger partial charge is 0.465 e. The molecule has 1 heterocycles. The number of pyridine rings is 1. The number of nitrogens with zero attached hydrogens (tertiary/aromatic N) is 1. The SMILES string of the molecule is COC(=O)c1cnc(NCCS(C)(=O)=O)cc1C(F)(F)F. The summed E-state index contributed by atoms with van der Waals surface area (Å²) >= 11 is 0. The maximum absolute atomic E-state index is 12.9. The van der Waals surface area contributed by atoms with Crippen LogP contribution in [-0.4, -0.2) is 45.0 Å². The molecule has 0 saturated carbocycles. The van der Waals surface area contributed by atoms with Gasteiger partial charge in [0.15, 0.2) is 0 Å². The summed E-state index contributed by atoms with van der Waals surface area (Å²) in [6.45, 7) is -0.0965. The van der Waals surface area contributed by atoms with Crippen molar-refractivity contribution in [1.29, 1.82) is 0 Å². The molecule has 1 aromatic heterocycles. The monoisotopic (exact) mass is 326 g/mol. The van der Waals surface area contributed by atoms with E-state index < -0.39 is 33.1 Å². The predicted molar refractivity (Wildman–Crippen MR) is 68.8 cm³/mol. The molecule has 0 radical (unpaired) electrons. The van der Waals surface area contributed by atoms with Gasteiger partial charge in [-0.1, -0.05) is 0 Å². The second kappa shape index (κ2) is 6.29. The number of ether oxygens (including phenoxy) is 1. The average Bonchev–Trinajstić information content (AvgIpc) is 2.35. The first-order valence-electron chi connectivity index (χ1n) is 5.62. The Bertz CT molecular complexity index is 629. The fraction of sp³-hybridized carbons (Fsp3) is 0.455. The minimum absolute atomic E-state index is 0.0965. The molecule has 0 aliphatic heterocycles. The first-order valence-corrected chi connectivity index (χ1v) is 7.68. The number of sulfone groups is 1. The molecule has 1 N–H and O–H groups in total. The number of carbonyl (C=O) groups excluding carboxylic acids is 1. The zero-order valence-corrected chi connectivity index (χ0v) is 12.0. The summed E-state index contributed by atoms with van der Waals surface area (Å²) in [5.74, 6) is -1.59. The minimum Gasteiger partial charge on any atom is -0.465 e. The number of carbonyl (C=O) groups is 1. The third-order valence-electron chi connectivity index (χ3n) is 2.39. The van der Waals surface area contributed by atoms with Crippen molar-refractivity contribution in [2.24, 2.45) is 0 Å². The summed E-state index contributed by atoms with van der Waals surface area (Å²) in [5, 5.41) is 2.46. The normalized spacial score (nSPS) is 12.0. The Hall–Kier alpha value is -1.84. The Kier molecular flexibility index (Phi) is 5.15. The molecule has 1 rings (SSSR count). The number of nitrogens with one attached hydrogen (secondary N) is 1. The van der Waals surface area contributed by atoms with Crippen molar-refractivity contribution >= 4 is 21.6 Å². The van der Waals surface area contributed by atoms with Crippen LogP contribution in [-0.2, 0) is 20.8 Å². The van der Waals surface area contributed by atoms with Gasteiger partial charge in [-0.25, -0.2) is 18.2 Å². The van der Waals surface area contributed by atoms with Crippen molar-refractivity contribution < 1.29 is 31.1 Å². The molecule has 0 aromatic carbocycles. The van der Waals surface area contributed by atoms with Gasteiger partial charge >= 0.3 is 12.1 Å². The Morgan fingerprint density at radius 3 is 2.52 bits per heavy atom. The van der Waals surface area contributed by atoms with Gasteiger partial charge in [0.2, 0.25) is 0 Å². The number of methoxy groups -OCH3 is 1. The molecule has 10 heteroatoms. The van der Waals surface area contributed by atoms with Gasteiger partial charge in [0, 0.05) is 19.0 Å². The summed E-state index contributed by atoms with van der Waals surface area (Å²) in [6, 6.07) is 0.633. The topological polar surface area (TPSA) is 85.4 Å². The highest BCUT2D eigenvalue weighted by Gasteiger charge is 2.36. The van der Waals surface area contributed by atoms with Crippen LogP contribution in [0, 0.1) is 0 Å². The Morgan fingerprint density at radius 1 is 1.43 bits per heavy atom. The smallest absolute Gasteiger partial charge is 0.417 e. The van der Waals surface area contributed by atoms with E-state index in [1.54, 1.807) is 0 Å². The maximum atomic E-state index is 12.9. The third kappa shape index (κ3) is 5.21. The van der Waals surface area contributed by atoms with Gasteiger partial charge in [-0.15, -0.1) is 0 Å². The maximum Gasteiger partial charge on any atom is 0.417 e. The molecule has 6 nitrogen and oxygen atoms in total. The lowest BCUT2D eigenvalue weighted by molar-refractivity contribution is -0.138. The summed E-state index contributed by atoms with van der Waals surface area (Å²) in [6.07, 6.45) is -3.03. The highest BCUT2D eigenvalue weighted by molar-refractivity contribution is 7.90. The van der Waals surface area contributed by atoms with Crippen LogP contribution in [0.15, 0.2) is 12.3 Å². The molecular formula is C11H13F3N2O4S. The van der Waals surface area contributed by atoms with Gasteiger partial charge < -0.3 is 10.1 Å². The van der Waals surface area contributed by atoms with E-state index in [-0.39, 0.29) is 18.1 Å². The number of aromatic nitrogens is 1. The zero-order valence-electron chi connectivity index (χ0n) is 11.2. The fourth-order valence-electron chi connectivity index (χ4n) is 1.42. The molecule has 118 valence electrons. The average molecular weight is 326 g/mol. The van der Waals surface area contributed by atoms with E-state index in [0.29, 0.717) is 6.07 Å². The third-order valence-corrected chi connectivity index (χ3v) is 3.34. The van der Waals surface area contributed by atoms with Gasteiger partial charge in [0.05, 0.1) is 24.0 Å². The summed E-state index contributed by atoms with van der Waals surface area (Å²) in [7, 11) is -2.29. The second-order valence-corrected chi connectivity index (χ2v) is 6.42. The second-order valence-electron chi connectivity index (χ2n) is 4.16. The number of halogens is 3. The molecule has 0 bridgehead atoms. The number of esters is 1. The number of anilines is 1. The Labute approximate surface area is 119 Å². The van der Waals surface area contributed by atoms with Crippen LogP contribution < -0.4 is 5.32 Å². The van der Waals surface area contributed by atoms with Crippen LogP contribution in [0.3, 0.4) is 0 Å². The van der Waals surface area contributed by atoms with Gasteiger partial charge in [-0.05, 0) is 6.07 Å². The van der Waals surface area contributed by atoms with E-state index in [0.717, 1.165) is 19.6 Å². The van der Waals surface area contributed by atoms with Crippen LogP contribution in [0.1, 0.15) is 15.9 Å². The van der Waals surface area contributed by atoms with Crippen molar-refractivity contribution in [2.45, 2.75) is 6.18 Å². The molecule has 21 heavy (non-hydrogen) atoms. The highest BCUT2D eigenvalue weighted by atomic mass is 32.2. The van der Waals surface area contributed by atoms with Crippen LogP contribution in [0.25, 0.3) is 0 Å². The molecule has 0 unspecified atom stereocenters. The molecule has 0 saturated heterocycles. The predicted octanol–water partition coefficient (Wildman–Crippen LogP) is 1.34. The van der Waals surface area contributed by atoms with Crippen LogP contribution in [0.4, 0.5) is 19.0 Å². The van der Waals surface area contributed by atoms with Crippen molar-refractivity contribution in [3.8, 4) is 0 Å². The molecule has 0 fully saturated rings. The Balaban J connectivity index is 3.03. The number of alkyl halides is 3. The van der Waals surface area contributed by atoms with Crippen molar-refractivity contribution in [3.05, 3.63) is 23.4 Å². The van der Waals surface area contributed by atoms with E-state index in [1.807, 2.05) is 0 Å². The van der Waals surface area contributed by atoms with Crippen LogP contribution in [0.2, 0.25) is 0 Å². The number of hydrogen-bond donors (Lipinski definition) is 1. The van der Waals surface area contributed by atoms with E-state index in [4.69, 9.17) is 0 Å². The molecule has 0 spiro atoms. The fourth-order valence-corrected chi connectivity index (χ4v) is 1.90. The van der Waals surface area contributed by atoms with Crippen molar-refractivity contribution in [1.82, 2.24) is 4.98 Å². The molecule has 0 amide bonds. The number of hydrogen-bond acceptors (Lipinski definition) is 6. The van der Waals surface area contributed by atoms with Crippen molar-refractivity contribution in [2.75, 3.05) is 31.0 Å². The van der Waals surface area contributed by atoms with E-state index in [9.17, 15) is 26.4 Å². The lowest BCUT2D eigenvalue weighted by atomic mass is 10.1. The van der Waals surface area contributed by atoms with Gasteiger partial charge in [0.1, 0.15) is 15.7 Å². The van der Waals surface area contributed by atoms with Gasteiger partial charge in [-0.3, -0.25) is 0 Å².